The Morgan fingerprint density at radius 3 is 2.86 bits per heavy atom. The van der Waals surface area contributed by atoms with E-state index in [-0.39, 0.29) is 11.9 Å². The molecule has 2 aliphatic heterocycles. The van der Waals surface area contributed by atoms with Gasteiger partial charge in [-0.2, -0.15) is 0 Å². The molecule has 2 bridgehead atoms. The van der Waals surface area contributed by atoms with Crippen LogP contribution in [0.5, 0.6) is 0 Å². The minimum atomic E-state index is -0.214. The molecule has 2 unspecified atom stereocenters. The van der Waals surface area contributed by atoms with E-state index in [1.807, 2.05) is 6.07 Å². The van der Waals surface area contributed by atoms with E-state index in [0.29, 0.717) is 17.8 Å². The molecule has 3 fully saturated rings. The van der Waals surface area contributed by atoms with Crippen molar-refractivity contribution in [3.8, 4) is 0 Å². The summed E-state index contributed by atoms with van der Waals surface area (Å²) in [6.45, 7) is 0. The van der Waals surface area contributed by atoms with Crippen molar-refractivity contribution in [1.29, 1.82) is 5.41 Å². The average Bonchev–Trinajstić information content (AvgIpc) is 3.33. The van der Waals surface area contributed by atoms with Gasteiger partial charge in [-0.1, -0.05) is 12.1 Å². The average molecular weight is 299 g/mol. The van der Waals surface area contributed by atoms with E-state index in [2.05, 4.69) is 10.6 Å². The Morgan fingerprint density at radius 1 is 1.23 bits per heavy atom. The van der Waals surface area contributed by atoms with Gasteiger partial charge in [0.25, 0.3) is 0 Å². The van der Waals surface area contributed by atoms with Crippen molar-refractivity contribution in [2.45, 2.75) is 56.7 Å². The van der Waals surface area contributed by atoms with Crippen LogP contribution in [0.1, 0.15) is 44.1 Å². The minimum Gasteiger partial charge on any atom is -0.382 e. The minimum absolute atomic E-state index is 0.173. The lowest BCUT2D eigenvalue weighted by atomic mass is 9.80. The first-order chi connectivity index (χ1) is 10.7. The Hall–Kier alpha value is -1.68. The molecule has 22 heavy (non-hydrogen) atoms. The van der Waals surface area contributed by atoms with Crippen LogP contribution in [-0.2, 0) is 0 Å². The van der Waals surface area contributed by atoms with Crippen LogP contribution in [-0.4, -0.2) is 23.8 Å². The van der Waals surface area contributed by atoms with Crippen LogP contribution >= 0.6 is 0 Å². The summed E-state index contributed by atoms with van der Waals surface area (Å²) in [7, 11) is 0. The monoisotopic (exact) mass is 299 g/mol. The number of hydrogen-bond acceptors (Lipinski definition) is 3. The van der Waals surface area contributed by atoms with E-state index in [1.54, 1.807) is 12.1 Å². The van der Waals surface area contributed by atoms with Gasteiger partial charge in [-0.15, -0.1) is 0 Å². The van der Waals surface area contributed by atoms with Crippen molar-refractivity contribution >= 4 is 11.4 Å². The Labute approximate surface area is 130 Å². The van der Waals surface area contributed by atoms with E-state index in [4.69, 9.17) is 5.41 Å². The maximum Gasteiger partial charge on any atom is 0.123 e. The normalized spacial score (nSPS) is 30.1. The fraction of sp³-hybridized carbons (Fsp3) is 0.500. The molecule has 116 valence electrons. The van der Waals surface area contributed by atoms with Crippen LogP contribution in [0.2, 0.25) is 0 Å². The largest absolute Gasteiger partial charge is 0.382 e. The first kappa shape index (κ1) is 13.9. The molecule has 3 aliphatic rings. The molecule has 1 aromatic carbocycles. The molecule has 4 rings (SSSR count). The first-order valence-electron chi connectivity index (χ1n) is 8.31. The van der Waals surface area contributed by atoms with Crippen molar-refractivity contribution < 1.29 is 4.39 Å². The molecule has 4 heteroatoms. The molecule has 2 heterocycles. The molecule has 0 amide bonds. The van der Waals surface area contributed by atoms with Gasteiger partial charge in [-0.25, -0.2) is 4.39 Å². The summed E-state index contributed by atoms with van der Waals surface area (Å²) in [4.78, 5) is 0. The van der Waals surface area contributed by atoms with Gasteiger partial charge in [0, 0.05) is 29.4 Å². The predicted octanol–water partition coefficient (Wildman–Crippen LogP) is 3.22. The molecule has 1 aliphatic carbocycles. The summed E-state index contributed by atoms with van der Waals surface area (Å²) >= 11 is 0. The number of rotatable bonds is 3. The van der Waals surface area contributed by atoms with Crippen LogP contribution in [0.4, 0.5) is 4.39 Å². The van der Waals surface area contributed by atoms with E-state index < -0.39 is 0 Å². The summed E-state index contributed by atoms with van der Waals surface area (Å²) in [6.07, 6.45) is 6.63. The molecule has 2 saturated heterocycles. The van der Waals surface area contributed by atoms with Gasteiger partial charge < -0.3 is 16.0 Å². The van der Waals surface area contributed by atoms with E-state index in [0.717, 1.165) is 29.7 Å². The highest BCUT2D eigenvalue weighted by Gasteiger charge is 2.35. The summed E-state index contributed by atoms with van der Waals surface area (Å²) in [6, 6.07) is 7.90. The quantitative estimate of drug-likeness (QED) is 0.802. The standard InChI is InChI=1S/C18H22FN3/c19-12-4-1-3-11(9-12)18(22-13-7-8-13)15-10-14-5-2-6-16(21-14)17(15)20/h1,3-4,9,13-14,16,20-22H,2,5-8,10H2/b18-15-,20-17?. The highest BCUT2D eigenvalue weighted by Crippen LogP contribution is 2.33. The van der Waals surface area contributed by atoms with Crippen molar-refractivity contribution in [3.63, 3.8) is 0 Å². The number of fused-ring (bicyclic) bond motifs is 2. The van der Waals surface area contributed by atoms with Gasteiger partial charge in [-0.05, 0) is 56.2 Å². The topological polar surface area (TPSA) is 47.9 Å². The van der Waals surface area contributed by atoms with Crippen LogP contribution in [0, 0.1) is 11.2 Å². The van der Waals surface area contributed by atoms with Crippen LogP contribution < -0.4 is 10.6 Å². The van der Waals surface area contributed by atoms with E-state index in [9.17, 15) is 4.39 Å². The fourth-order valence-corrected chi connectivity index (χ4v) is 3.63. The number of nitrogens with one attached hydrogen (secondary N) is 3. The zero-order valence-corrected chi connectivity index (χ0v) is 12.7. The van der Waals surface area contributed by atoms with Crippen molar-refractivity contribution in [1.82, 2.24) is 10.6 Å². The lowest BCUT2D eigenvalue weighted by molar-refractivity contribution is 0.350. The predicted molar refractivity (Wildman–Crippen MR) is 86.4 cm³/mol. The van der Waals surface area contributed by atoms with Crippen LogP contribution in [0.15, 0.2) is 29.8 Å². The smallest absolute Gasteiger partial charge is 0.123 e. The lowest BCUT2D eigenvalue weighted by Crippen LogP contribution is -2.52. The summed E-state index contributed by atoms with van der Waals surface area (Å²) < 4.78 is 13.7. The van der Waals surface area contributed by atoms with E-state index >= 15 is 0 Å². The van der Waals surface area contributed by atoms with Gasteiger partial charge in [-0.3, -0.25) is 0 Å². The van der Waals surface area contributed by atoms with Crippen LogP contribution in [0.3, 0.4) is 0 Å². The van der Waals surface area contributed by atoms with Crippen molar-refractivity contribution in [3.05, 3.63) is 41.2 Å². The van der Waals surface area contributed by atoms with Crippen molar-refractivity contribution in [2.24, 2.45) is 0 Å². The van der Waals surface area contributed by atoms with Gasteiger partial charge in [0.2, 0.25) is 0 Å². The summed E-state index contributed by atoms with van der Waals surface area (Å²) in [5.41, 5.74) is 3.66. The zero-order valence-electron chi connectivity index (χ0n) is 12.7. The molecule has 1 aromatic rings. The highest BCUT2D eigenvalue weighted by molar-refractivity contribution is 6.08. The highest BCUT2D eigenvalue weighted by atomic mass is 19.1. The molecular formula is C18H22FN3. The molecule has 1 saturated carbocycles. The Morgan fingerprint density at radius 2 is 2.09 bits per heavy atom. The van der Waals surface area contributed by atoms with Gasteiger partial charge in [0.15, 0.2) is 0 Å². The molecule has 0 spiro atoms. The summed E-state index contributed by atoms with van der Waals surface area (Å²) in [5, 5.41) is 15.7. The third-order valence-electron chi connectivity index (χ3n) is 4.95. The van der Waals surface area contributed by atoms with Gasteiger partial charge >= 0.3 is 0 Å². The SMILES string of the molecule is N=C1/C(=C(\NC2CC2)c2cccc(F)c2)CC2CCCC1N2. The van der Waals surface area contributed by atoms with Crippen LogP contribution in [0.25, 0.3) is 5.70 Å². The van der Waals surface area contributed by atoms with Gasteiger partial charge in [0.1, 0.15) is 5.82 Å². The maximum atomic E-state index is 13.7. The van der Waals surface area contributed by atoms with Crippen molar-refractivity contribution in [2.75, 3.05) is 0 Å². The maximum absolute atomic E-state index is 13.7. The van der Waals surface area contributed by atoms with E-state index in [1.165, 1.54) is 31.7 Å². The molecule has 2 atom stereocenters. The second kappa shape index (κ2) is 5.51. The molecular weight excluding hydrogens is 277 g/mol. The molecule has 0 radical (unpaired) electrons. The molecule has 0 aromatic heterocycles. The Bertz CT molecular complexity index is 633. The lowest BCUT2D eigenvalue weighted by Gasteiger charge is -2.39. The van der Waals surface area contributed by atoms with Gasteiger partial charge in [0.05, 0.1) is 5.71 Å². The Balaban J connectivity index is 1.76. The fourth-order valence-electron chi connectivity index (χ4n) is 3.63. The third kappa shape index (κ3) is 2.68. The number of halogens is 1. The summed E-state index contributed by atoms with van der Waals surface area (Å²) in [5.74, 6) is -0.214. The Kier molecular flexibility index (Phi) is 3.49. The number of piperidine rings is 2. The number of benzene rings is 1. The second-order valence-corrected chi connectivity index (χ2v) is 6.75. The molecule has 3 N–H and O–H groups in total. The molecule has 3 nitrogen and oxygen atoms in total. The number of hydrogen-bond donors (Lipinski definition) is 3. The second-order valence-electron chi connectivity index (χ2n) is 6.75. The first-order valence-corrected chi connectivity index (χ1v) is 8.31. The zero-order chi connectivity index (χ0) is 15.1. The third-order valence-corrected chi connectivity index (χ3v) is 4.95.